The topological polar surface area (TPSA) is 41.6 Å². The van der Waals surface area contributed by atoms with Crippen LogP contribution in [0.25, 0.3) is 0 Å². The van der Waals surface area contributed by atoms with Crippen molar-refractivity contribution in [2.45, 2.75) is 50.4 Å². The number of carbonyl (C=O) groups is 1. The highest BCUT2D eigenvalue weighted by Crippen LogP contribution is 2.39. The summed E-state index contributed by atoms with van der Waals surface area (Å²) in [7, 11) is 0. The number of fused-ring (bicyclic) bond motifs is 2. The first-order valence-electron chi connectivity index (χ1n) is 9.13. The van der Waals surface area contributed by atoms with Crippen LogP contribution in [0.5, 0.6) is 0 Å². The van der Waals surface area contributed by atoms with Crippen molar-refractivity contribution in [2.24, 2.45) is 5.92 Å². The third-order valence-electron chi connectivity index (χ3n) is 5.73. The molecule has 3 aliphatic rings. The molecule has 0 radical (unpaired) electrons. The Morgan fingerprint density at radius 2 is 2.17 bits per heavy atom. The van der Waals surface area contributed by atoms with Crippen molar-refractivity contribution < 1.29 is 9.53 Å². The van der Waals surface area contributed by atoms with Gasteiger partial charge in [0.2, 0.25) is 5.91 Å². The quantitative estimate of drug-likeness (QED) is 0.888. The molecule has 3 heterocycles. The van der Waals surface area contributed by atoms with Gasteiger partial charge in [0.1, 0.15) is 0 Å². The van der Waals surface area contributed by atoms with Crippen LogP contribution >= 0.6 is 11.6 Å². The fourth-order valence-corrected chi connectivity index (χ4v) is 4.67. The highest BCUT2D eigenvalue weighted by molar-refractivity contribution is 6.30. The minimum absolute atomic E-state index is 0.0438. The smallest absolute Gasteiger partial charge is 0.225 e. The number of hydrogen-bond acceptors (Lipinski definition) is 3. The normalized spacial score (nSPS) is 30.6. The number of ether oxygens (including phenoxy) is 1. The van der Waals surface area contributed by atoms with Gasteiger partial charge in [0.05, 0.1) is 24.2 Å². The maximum atomic E-state index is 12.6. The lowest BCUT2D eigenvalue weighted by atomic mass is 9.88. The molecule has 4 atom stereocenters. The Balaban J connectivity index is 1.43. The van der Waals surface area contributed by atoms with E-state index in [1.807, 2.05) is 18.2 Å². The van der Waals surface area contributed by atoms with Gasteiger partial charge in [-0.05, 0) is 62.9 Å². The summed E-state index contributed by atoms with van der Waals surface area (Å²) < 4.78 is 5.82. The zero-order chi connectivity index (χ0) is 16.5. The lowest BCUT2D eigenvalue weighted by Gasteiger charge is -2.29. The van der Waals surface area contributed by atoms with Crippen molar-refractivity contribution in [2.75, 3.05) is 19.6 Å². The highest BCUT2D eigenvalue weighted by atomic mass is 35.5. The molecule has 0 unspecified atom stereocenters. The van der Waals surface area contributed by atoms with Gasteiger partial charge in [-0.25, -0.2) is 0 Å². The third kappa shape index (κ3) is 3.32. The third-order valence-corrected chi connectivity index (χ3v) is 5.96. The second kappa shape index (κ2) is 7.03. The van der Waals surface area contributed by atoms with Gasteiger partial charge in [-0.1, -0.05) is 23.7 Å². The Bertz CT molecular complexity index is 603. The van der Waals surface area contributed by atoms with Crippen molar-refractivity contribution in [3.05, 3.63) is 34.9 Å². The van der Waals surface area contributed by atoms with Crippen molar-refractivity contribution in [1.82, 2.24) is 10.2 Å². The van der Waals surface area contributed by atoms with Gasteiger partial charge in [-0.2, -0.15) is 0 Å². The maximum Gasteiger partial charge on any atom is 0.225 e. The van der Waals surface area contributed by atoms with E-state index in [9.17, 15) is 4.79 Å². The molecular formula is C19H25ClN2O2. The zero-order valence-electron chi connectivity index (χ0n) is 13.9. The fraction of sp³-hybridized carbons (Fsp3) is 0.632. The maximum absolute atomic E-state index is 12.6. The lowest BCUT2D eigenvalue weighted by Crippen LogP contribution is -2.41. The molecule has 1 aromatic carbocycles. The molecule has 0 spiro atoms. The van der Waals surface area contributed by atoms with Gasteiger partial charge in [0.15, 0.2) is 0 Å². The standard InChI is InChI=1S/C19H25ClN2O2/c20-14-5-3-4-13(10-14)17(22-8-1-2-9-22)12-21-19(23)16-11-15-6-7-18(16)24-15/h3-5,10,15-18H,1-2,6-9,11-12H2,(H,21,23)/t15-,16-,17+,18-/m1/s1. The number of nitrogens with zero attached hydrogens (tertiary/aromatic N) is 1. The molecule has 5 heteroatoms. The van der Waals surface area contributed by atoms with Crippen LogP contribution in [0, 0.1) is 5.92 Å². The van der Waals surface area contributed by atoms with E-state index in [0.717, 1.165) is 37.4 Å². The molecule has 4 nitrogen and oxygen atoms in total. The summed E-state index contributed by atoms with van der Waals surface area (Å²) in [5, 5.41) is 3.95. The molecule has 1 aromatic rings. The van der Waals surface area contributed by atoms with Crippen LogP contribution in [0.15, 0.2) is 24.3 Å². The zero-order valence-corrected chi connectivity index (χ0v) is 14.7. The molecule has 1 amide bonds. The average Bonchev–Trinajstić information content (AvgIpc) is 3.33. The second-order valence-corrected chi connectivity index (χ2v) is 7.71. The van der Waals surface area contributed by atoms with Crippen LogP contribution in [0.3, 0.4) is 0 Å². The van der Waals surface area contributed by atoms with Crippen LogP contribution in [0.2, 0.25) is 5.02 Å². The minimum atomic E-state index is 0.0438. The van der Waals surface area contributed by atoms with Crippen LogP contribution in [-0.4, -0.2) is 42.6 Å². The first-order chi connectivity index (χ1) is 11.7. The van der Waals surface area contributed by atoms with Crippen molar-refractivity contribution >= 4 is 17.5 Å². The Morgan fingerprint density at radius 3 is 2.83 bits per heavy atom. The van der Waals surface area contributed by atoms with Gasteiger partial charge in [0, 0.05) is 11.6 Å². The van der Waals surface area contributed by atoms with Gasteiger partial charge in [-0.3, -0.25) is 9.69 Å². The van der Waals surface area contributed by atoms with Crippen LogP contribution in [0.1, 0.15) is 43.7 Å². The van der Waals surface area contributed by atoms with E-state index in [0.29, 0.717) is 12.6 Å². The average molecular weight is 349 g/mol. The molecule has 1 N–H and O–H groups in total. The number of halogens is 1. The predicted molar refractivity (Wildman–Crippen MR) is 94.0 cm³/mol. The number of amides is 1. The first kappa shape index (κ1) is 16.4. The van der Waals surface area contributed by atoms with E-state index in [1.54, 1.807) is 0 Å². The molecular weight excluding hydrogens is 324 g/mol. The summed E-state index contributed by atoms with van der Waals surface area (Å²) in [6.07, 6.45) is 5.96. The van der Waals surface area contributed by atoms with E-state index in [4.69, 9.17) is 16.3 Å². The molecule has 0 saturated carbocycles. The van der Waals surface area contributed by atoms with Crippen LogP contribution in [0.4, 0.5) is 0 Å². The Kier molecular flexibility index (Phi) is 4.79. The summed E-state index contributed by atoms with van der Waals surface area (Å²) in [5.74, 6) is 0.204. The van der Waals surface area contributed by atoms with E-state index in [2.05, 4.69) is 16.3 Å². The summed E-state index contributed by atoms with van der Waals surface area (Å²) in [6, 6.07) is 8.23. The SMILES string of the molecule is O=C(NC[C@@H](c1cccc(Cl)c1)N1CCCC1)[C@@H]1C[C@H]2CC[C@H]1O2. The molecule has 130 valence electrons. The Labute approximate surface area is 148 Å². The second-order valence-electron chi connectivity index (χ2n) is 7.28. The van der Waals surface area contributed by atoms with Crippen LogP contribution in [-0.2, 0) is 9.53 Å². The number of likely N-dealkylation sites (tertiary alicyclic amines) is 1. The van der Waals surface area contributed by atoms with Gasteiger partial charge >= 0.3 is 0 Å². The number of hydrogen-bond donors (Lipinski definition) is 1. The summed E-state index contributed by atoms with van der Waals surface area (Å²) >= 11 is 6.18. The number of rotatable bonds is 5. The molecule has 4 rings (SSSR count). The molecule has 24 heavy (non-hydrogen) atoms. The predicted octanol–water partition coefficient (Wildman–Crippen LogP) is 3.16. The van der Waals surface area contributed by atoms with Crippen molar-refractivity contribution in [3.63, 3.8) is 0 Å². The summed E-state index contributed by atoms with van der Waals surface area (Å²) in [4.78, 5) is 15.1. The lowest BCUT2D eigenvalue weighted by molar-refractivity contribution is -0.126. The van der Waals surface area contributed by atoms with Crippen molar-refractivity contribution in [1.29, 1.82) is 0 Å². The Hall–Kier alpha value is -1.10. The molecule has 3 aliphatic heterocycles. The molecule has 2 bridgehead atoms. The molecule has 3 saturated heterocycles. The van der Waals surface area contributed by atoms with Gasteiger partial charge in [0.25, 0.3) is 0 Å². The van der Waals surface area contributed by atoms with Crippen molar-refractivity contribution in [3.8, 4) is 0 Å². The van der Waals surface area contributed by atoms with E-state index >= 15 is 0 Å². The Morgan fingerprint density at radius 1 is 1.33 bits per heavy atom. The van der Waals surface area contributed by atoms with Gasteiger partial charge in [-0.15, -0.1) is 0 Å². The molecule has 0 aromatic heterocycles. The first-order valence-corrected chi connectivity index (χ1v) is 9.51. The van der Waals surface area contributed by atoms with Gasteiger partial charge < -0.3 is 10.1 Å². The molecule has 3 fully saturated rings. The number of benzene rings is 1. The molecule has 0 aliphatic carbocycles. The van der Waals surface area contributed by atoms with Crippen LogP contribution < -0.4 is 5.32 Å². The number of nitrogens with one attached hydrogen (secondary N) is 1. The fourth-order valence-electron chi connectivity index (χ4n) is 4.47. The van der Waals surface area contributed by atoms with E-state index < -0.39 is 0 Å². The summed E-state index contributed by atoms with van der Waals surface area (Å²) in [6.45, 7) is 2.82. The van der Waals surface area contributed by atoms with E-state index in [-0.39, 0.29) is 24.0 Å². The summed E-state index contributed by atoms with van der Waals surface area (Å²) in [5.41, 5.74) is 1.19. The van der Waals surface area contributed by atoms with E-state index in [1.165, 1.54) is 18.4 Å². The highest BCUT2D eigenvalue weighted by Gasteiger charge is 2.44. The minimum Gasteiger partial charge on any atom is -0.374 e. The largest absolute Gasteiger partial charge is 0.374 e. The number of carbonyl (C=O) groups excluding carboxylic acids is 1. The monoisotopic (exact) mass is 348 g/mol.